The molecule has 0 spiro atoms. The van der Waals surface area contributed by atoms with Crippen molar-refractivity contribution in [2.24, 2.45) is 0 Å². The minimum Gasteiger partial charge on any atom is -0.481 e. The van der Waals surface area contributed by atoms with Crippen LogP contribution in [0.15, 0.2) is 71.6 Å². The maximum atomic E-state index is 12.7. The Balaban J connectivity index is 1.69. The third kappa shape index (κ3) is 5.81. The van der Waals surface area contributed by atoms with Crippen molar-refractivity contribution in [3.8, 4) is 5.75 Å². The van der Waals surface area contributed by atoms with Gasteiger partial charge in [-0.05, 0) is 79.9 Å². The molecule has 168 valence electrons. The maximum absolute atomic E-state index is 12.7. The fourth-order valence-electron chi connectivity index (χ4n) is 3.04. The van der Waals surface area contributed by atoms with Gasteiger partial charge in [-0.25, -0.2) is 8.42 Å². The Morgan fingerprint density at radius 3 is 2.38 bits per heavy atom. The summed E-state index contributed by atoms with van der Waals surface area (Å²) in [5.41, 5.74) is 2.56. The molecule has 32 heavy (non-hydrogen) atoms. The molecule has 1 amide bonds. The van der Waals surface area contributed by atoms with Crippen molar-refractivity contribution in [1.82, 2.24) is 0 Å². The Kier molecular flexibility index (Phi) is 7.43. The molecule has 3 aromatic rings. The second kappa shape index (κ2) is 10.1. The molecular formula is C24H25ClN2O4S. The monoisotopic (exact) mass is 472 g/mol. The molecule has 0 saturated heterocycles. The summed E-state index contributed by atoms with van der Waals surface area (Å²) in [7, 11) is -3.81. The molecule has 0 heterocycles. The Hall–Kier alpha value is -3.03. The predicted octanol–water partition coefficient (Wildman–Crippen LogP) is 5.55. The molecule has 3 aromatic carbocycles. The van der Waals surface area contributed by atoms with Crippen LogP contribution in [0.25, 0.3) is 0 Å². The van der Waals surface area contributed by atoms with Crippen molar-refractivity contribution in [2.45, 2.75) is 38.2 Å². The number of carbonyl (C=O) groups is 1. The first-order valence-electron chi connectivity index (χ1n) is 10.1. The molecule has 0 fully saturated rings. The summed E-state index contributed by atoms with van der Waals surface area (Å²) in [4.78, 5) is 12.7. The quantitative estimate of drug-likeness (QED) is 0.450. The third-order valence-electron chi connectivity index (χ3n) is 4.88. The lowest BCUT2D eigenvalue weighted by Gasteiger charge is -2.18. The number of hydrogen-bond acceptors (Lipinski definition) is 4. The van der Waals surface area contributed by atoms with E-state index in [1.54, 1.807) is 31.2 Å². The van der Waals surface area contributed by atoms with Crippen LogP contribution in [0, 0.1) is 13.8 Å². The number of ether oxygens (including phenoxy) is 1. The van der Waals surface area contributed by atoms with E-state index in [1.807, 2.05) is 32.0 Å². The number of carbonyl (C=O) groups excluding carboxylic acids is 1. The lowest BCUT2D eigenvalue weighted by atomic mass is 10.2. The lowest BCUT2D eigenvalue weighted by Crippen LogP contribution is -2.32. The molecule has 0 aliphatic carbocycles. The number of amides is 1. The van der Waals surface area contributed by atoms with Crippen LogP contribution in [-0.2, 0) is 14.8 Å². The second-order valence-electron chi connectivity index (χ2n) is 7.36. The van der Waals surface area contributed by atoms with Crippen LogP contribution in [0.2, 0.25) is 5.02 Å². The summed E-state index contributed by atoms with van der Waals surface area (Å²) in [5, 5.41) is 3.25. The van der Waals surface area contributed by atoms with Gasteiger partial charge >= 0.3 is 0 Å². The number of hydrogen-bond donors (Lipinski definition) is 2. The third-order valence-corrected chi connectivity index (χ3v) is 6.67. The summed E-state index contributed by atoms with van der Waals surface area (Å²) in [6, 6.07) is 18.4. The molecule has 0 aliphatic heterocycles. The van der Waals surface area contributed by atoms with E-state index in [9.17, 15) is 13.2 Å². The van der Waals surface area contributed by atoms with Crippen LogP contribution in [0.4, 0.5) is 11.4 Å². The molecule has 0 unspecified atom stereocenters. The van der Waals surface area contributed by atoms with Crippen molar-refractivity contribution >= 4 is 38.9 Å². The molecular weight excluding hydrogens is 448 g/mol. The Morgan fingerprint density at radius 2 is 1.72 bits per heavy atom. The van der Waals surface area contributed by atoms with Gasteiger partial charge in [0, 0.05) is 10.7 Å². The molecule has 0 saturated carbocycles. The van der Waals surface area contributed by atoms with Crippen LogP contribution in [0.5, 0.6) is 5.75 Å². The summed E-state index contributed by atoms with van der Waals surface area (Å²) < 4.78 is 33.8. The molecule has 8 heteroatoms. The fourth-order valence-corrected chi connectivity index (χ4v) is 4.33. The van der Waals surface area contributed by atoms with Crippen LogP contribution in [-0.4, -0.2) is 20.4 Å². The first-order valence-corrected chi connectivity index (χ1v) is 12.0. The predicted molar refractivity (Wildman–Crippen MR) is 128 cm³/mol. The zero-order chi connectivity index (χ0) is 23.3. The number of benzene rings is 3. The topological polar surface area (TPSA) is 84.5 Å². The van der Waals surface area contributed by atoms with E-state index in [2.05, 4.69) is 10.0 Å². The molecule has 0 radical (unpaired) electrons. The number of anilines is 2. The standard InChI is InChI=1S/C24H25ClN2O4S/c1-4-23(31-19-8-5-7-16(2)15-19)24(28)26-18-11-13-20(14-12-18)32(29,30)27-22-10-6-9-21(25)17(22)3/h5-15,23,27H,4H2,1-3H3,(H,26,28)/t23-/m1/s1. The highest BCUT2D eigenvalue weighted by atomic mass is 35.5. The van der Waals surface area contributed by atoms with Crippen molar-refractivity contribution in [3.05, 3.63) is 82.9 Å². The zero-order valence-corrected chi connectivity index (χ0v) is 19.6. The highest BCUT2D eigenvalue weighted by molar-refractivity contribution is 7.92. The van der Waals surface area contributed by atoms with Crippen molar-refractivity contribution < 1.29 is 17.9 Å². The van der Waals surface area contributed by atoms with Gasteiger partial charge in [-0.2, -0.15) is 0 Å². The van der Waals surface area contributed by atoms with E-state index in [4.69, 9.17) is 16.3 Å². The highest BCUT2D eigenvalue weighted by Gasteiger charge is 2.20. The summed E-state index contributed by atoms with van der Waals surface area (Å²) in [5.74, 6) is 0.313. The van der Waals surface area contributed by atoms with Gasteiger partial charge in [-0.1, -0.05) is 36.7 Å². The van der Waals surface area contributed by atoms with Crippen LogP contribution < -0.4 is 14.8 Å². The molecule has 2 N–H and O–H groups in total. The van der Waals surface area contributed by atoms with Gasteiger partial charge in [0.25, 0.3) is 15.9 Å². The Morgan fingerprint density at radius 1 is 1.03 bits per heavy atom. The number of sulfonamides is 1. The Labute approximate surface area is 193 Å². The van der Waals surface area contributed by atoms with E-state index in [0.717, 1.165) is 5.56 Å². The summed E-state index contributed by atoms with van der Waals surface area (Å²) in [6.45, 7) is 5.55. The van der Waals surface area contributed by atoms with E-state index in [0.29, 0.717) is 34.1 Å². The smallest absolute Gasteiger partial charge is 0.265 e. The van der Waals surface area contributed by atoms with Gasteiger partial charge < -0.3 is 10.1 Å². The second-order valence-corrected chi connectivity index (χ2v) is 9.45. The largest absolute Gasteiger partial charge is 0.481 e. The number of nitrogens with one attached hydrogen (secondary N) is 2. The molecule has 3 rings (SSSR count). The van der Waals surface area contributed by atoms with E-state index in [-0.39, 0.29) is 10.8 Å². The molecule has 0 aromatic heterocycles. The number of rotatable bonds is 8. The summed E-state index contributed by atoms with van der Waals surface area (Å²) >= 11 is 6.07. The van der Waals surface area contributed by atoms with Crippen LogP contribution in [0.1, 0.15) is 24.5 Å². The average Bonchev–Trinajstić information content (AvgIpc) is 2.75. The first kappa shape index (κ1) is 23.6. The van der Waals surface area contributed by atoms with Gasteiger partial charge in [0.2, 0.25) is 0 Å². The number of aryl methyl sites for hydroxylation is 1. The fraction of sp³-hybridized carbons (Fsp3) is 0.208. The van der Waals surface area contributed by atoms with Gasteiger partial charge in [-0.15, -0.1) is 0 Å². The maximum Gasteiger partial charge on any atom is 0.265 e. The first-order chi connectivity index (χ1) is 15.2. The zero-order valence-electron chi connectivity index (χ0n) is 18.1. The minimum atomic E-state index is -3.81. The van der Waals surface area contributed by atoms with Gasteiger partial charge in [0.05, 0.1) is 10.6 Å². The highest BCUT2D eigenvalue weighted by Crippen LogP contribution is 2.26. The van der Waals surface area contributed by atoms with E-state index >= 15 is 0 Å². The lowest BCUT2D eigenvalue weighted by molar-refractivity contribution is -0.122. The van der Waals surface area contributed by atoms with Crippen LogP contribution >= 0.6 is 11.6 Å². The molecule has 1 atom stereocenters. The van der Waals surface area contributed by atoms with E-state index in [1.165, 1.54) is 24.3 Å². The van der Waals surface area contributed by atoms with Crippen LogP contribution in [0.3, 0.4) is 0 Å². The summed E-state index contributed by atoms with van der Waals surface area (Å²) in [6.07, 6.45) is -0.192. The van der Waals surface area contributed by atoms with Crippen molar-refractivity contribution in [3.63, 3.8) is 0 Å². The van der Waals surface area contributed by atoms with Crippen molar-refractivity contribution in [1.29, 1.82) is 0 Å². The van der Waals surface area contributed by atoms with Gasteiger partial charge in [-0.3, -0.25) is 9.52 Å². The van der Waals surface area contributed by atoms with Gasteiger partial charge in [0.15, 0.2) is 6.10 Å². The molecule has 0 bridgehead atoms. The Bertz CT molecular complexity index is 1210. The normalized spacial score (nSPS) is 12.1. The average molecular weight is 473 g/mol. The molecule has 0 aliphatic rings. The van der Waals surface area contributed by atoms with E-state index < -0.39 is 16.1 Å². The SMILES string of the molecule is CC[C@@H](Oc1cccc(C)c1)C(=O)Nc1ccc(S(=O)(=O)Nc2cccc(Cl)c2C)cc1. The minimum absolute atomic E-state index is 0.0675. The molecule has 6 nitrogen and oxygen atoms in total. The van der Waals surface area contributed by atoms with Gasteiger partial charge in [0.1, 0.15) is 5.75 Å². The van der Waals surface area contributed by atoms with Crippen molar-refractivity contribution in [2.75, 3.05) is 10.0 Å². The number of halogens is 1.